The van der Waals surface area contributed by atoms with Gasteiger partial charge in [0, 0.05) is 45.2 Å². The van der Waals surface area contributed by atoms with Crippen LogP contribution < -0.4 is 5.32 Å². The molecule has 1 N–H and O–H groups in total. The van der Waals surface area contributed by atoms with Crippen molar-refractivity contribution in [2.24, 2.45) is 5.92 Å². The number of halogens is 1. The van der Waals surface area contributed by atoms with E-state index in [1.54, 1.807) is 6.07 Å². The van der Waals surface area contributed by atoms with Crippen LogP contribution in [-0.4, -0.2) is 48.4 Å². The zero-order chi connectivity index (χ0) is 20.6. The van der Waals surface area contributed by atoms with Crippen LogP contribution in [0.3, 0.4) is 0 Å². The lowest BCUT2D eigenvalue weighted by atomic mass is 10.00. The topological polar surface area (TPSA) is 35.6 Å². The molecule has 0 aromatic heterocycles. The zero-order valence-electron chi connectivity index (χ0n) is 17.5. The molecule has 0 spiro atoms. The second-order valence-corrected chi connectivity index (χ2v) is 7.98. The molecule has 0 radical (unpaired) electrons. The standard InChI is InChI=1S/C24H32FN3O/c1-3-27-11-13-28(14-12-27)18-21-9-7-20(8-10-21)17-26-24(29)19(2)15-22-5-4-6-23(25)16-22/h4-10,16,19H,3,11-15,17-18H2,1-2H3,(H,26,29). The molecule has 2 aromatic carbocycles. The molecule has 29 heavy (non-hydrogen) atoms. The highest BCUT2D eigenvalue weighted by Gasteiger charge is 2.16. The van der Waals surface area contributed by atoms with E-state index in [0.717, 1.165) is 50.4 Å². The number of benzene rings is 2. The molecule has 3 rings (SSSR count). The van der Waals surface area contributed by atoms with E-state index in [0.29, 0.717) is 13.0 Å². The molecule has 0 aliphatic carbocycles. The number of hydrogen-bond acceptors (Lipinski definition) is 3. The molecule has 1 atom stereocenters. The van der Waals surface area contributed by atoms with Gasteiger partial charge >= 0.3 is 0 Å². The van der Waals surface area contributed by atoms with Gasteiger partial charge in [-0.2, -0.15) is 0 Å². The summed E-state index contributed by atoms with van der Waals surface area (Å²) in [6.07, 6.45) is 0.536. The third-order valence-electron chi connectivity index (χ3n) is 5.69. The summed E-state index contributed by atoms with van der Waals surface area (Å²) in [6, 6.07) is 14.9. The number of amides is 1. The maximum atomic E-state index is 13.3. The van der Waals surface area contributed by atoms with Crippen molar-refractivity contribution in [2.45, 2.75) is 33.4 Å². The number of carbonyl (C=O) groups excluding carboxylic acids is 1. The lowest BCUT2D eigenvalue weighted by molar-refractivity contribution is -0.124. The Morgan fingerprint density at radius 1 is 1.00 bits per heavy atom. The van der Waals surface area contributed by atoms with Gasteiger partial charge in [-0.15, -0.1) is 0 Å². The first-order valence-corrected chi connectivity index (χ1v) is 10.6. The number of piperazine rings is 1. The van der Waals surface area contributed by atoms with Crippen LogP contribution in [-0.2, 0) is 24.3 Å². The molecule has 1 aliphatic rings. The molecule has 1 aliphatic heterocycles. The number of hydrogen-bond donors (Lipinski definition) is 1. The van der Waals surface area contributed by atoms with E-state index >= 15 is 0 Å². The molecule has 1 saturated heterocycles. The normalized spacial score (nSPS) is 16.5. The summed E-state index contributed by atoms with van der Waals surface area (Å²) in [4.78, 5) is 17.4. The second-order valence-electron chi connectivity index (χ2n) is 7.98. The fraction of sp³-hybridized carbons (Fsp3) is 0.458. The quantitative estimate of drug-likeness (QED) is 0.741. The average molecular weight is 398 g/mol. The van der Waals surface area contributed by atoms with Gasteiger partial charge in [-0.3, -0.25) is 9.69 Å². The Hall–Kier alpha value is -2.24. The third kappa shape index (κ3) is 6.65. The van der Waals surface area contributed by atoms with Crippen molar-refractivity contribution < 1.29 is 9.18 Å². The van der Waals surface area contributed by atoms with Gasteiger partial charge in [-0.25, -0.2) is 4.39 Å². The monoisotopic (exact) mass is 397 g/mol. The van der Waals surface area contributed by atoms with Crippen molar-refractivity contribution in [3.63, 3.8) is 0 Å². The molecule has 5 heteroatoms. The Bertz CT molecular complexity index is 785. The molecule has 1 heterocycles. The number of carbonyl (C=O) groups is 1. The molecule has 0 saturated carbocycles. The summed E-state index contributed by atoms with van der Waals surface area (Å²) in [6.45, 7) is 11.3. The van der Waals surface area contributed by atoms with Crippen LogP contribution in [0.5, 0.6) is 0 Å². The molecular weight excluding hydrogens is 365 g/mol. The molecule has 0 bridgehead atoms. The molecule has 1 unspecified atom stereocenters. The molecule has 2 aromatic rings. The average Bonchev–Trinajstić information content (AvgIpc) is 2.73. The van der Waals surface area contributed by atoms with Crippen LogP contribution in [0.4, 0.5) is 4.39 Å². The SMILES string of the molecule is CCN1CCN(Cc2ccc(CNC(=O)C(C)Cc3cccc(F)c3)cc2)CC1. The fourth-order valence-corrected chi connectivity index (χ4v) is 3.76. The summed E-state index contributed by atoms with van der Waals surface area (Å²) >= 11 is 0. The Labute approximate surface area is 173 Å². The van der Waals surface area contributed by atoms with Crippen LogP contribution in [0.1, 0.15) is 30.5 Å². The van der Waals surface area contributed by atoms with Gasteiger partial charge in [-0.1, -0.05) is 50.2 Å². The van der Waals surface area contributed by atoms with Gasteiger partial charge in [0.25, 0.3) is 0 Å². The molecule has 4 nitrogen and oxygen atoms in total. The van der Waals surface area contributed by atoms with Crippen molar-refractivity contribution in [3.8, 4) is 0 Å². The largest absolute Gasteiger partial charge is 0.352 e. The smallest absolute Gasteiger partial charge is 0.223 e. The zero-order valence-corrected chi connectivity index (χ0v) is 17.5. The lowest BCUT2D eigenvalue weighted by Crippen LogP contribution is -2.45. The minimum absolute atomic E-state index is 0.00728. The van der Waals surface area contributed by atoms with E-state index in [1.165, 1.54) is 17.7 Å². The van der Waals surface area contributed by atoms with Crippen molar-refractivity contribution in [1.82, 2.24) is 15.1 Å². The van der Waals surface area contributed by atoms with Gasteiger partial charge in [0.1, 0.15) is 5.82 Å². The van der Waals surface area contributed by atoms with Gasteiger partial charge in [0.15, 0.2) is 0 Å². The summed E-state index contributed by atoms with van der Waals surface area (Å²) in [5, 5.41) is 3.00. The van der Waals surface area contributed by atoms with Gasteiger partial charge in [0.2, 0.25) is 5.91 Å². The van der Waals surface area contributed by atoms with E-state index in [9.17, 15) is 9.18 Å². The highest BCUT2D eigenvalue weighted by molar-refractivity contribution is 5.78. The minimum atomic E-state index is -0.262. The number of likely N-dealkylation sites (N-methyl/N-ethyl adjacent to an activating group) is 1. The maximum absolute atomic E-state index is 13.3. The van der Waals surface area contributed by atoms with E-state index < -0.39 is 0 Å². The van der Waals surface area contributed by atoms with Crippen LogP contribution in [0.25, 0.3) is 0 Å². The fourth-order valence-electron chi connectivity index (χ4n) is 3.76. The maximum Gasteiger partial charge on any atom is 0.223 e. The van der Waals surface area contributed by atoms with Crippen molar-refractivity contribution in [3.05, 3.63) is 71.0 Å². The van der Waals surface area contributed by atoms with Gasteiger partial charge in [0.05, 0.1) is 0 Å². The van der Waals surface area contributed by atoms with E-state index in [4.69, 9.17) is 0 Å². The number of rotatable bonds is 8. The van der Waals surface area contributed by atoms with Crippen LogP contribution in [0, 0.1) is 11.7 Å². The Balaban J connectivity index is 1.43. The predicted molar refractivity (Wildman–Crippen MR) is 115 cm³/mol. The Morgan fingerprint density at radius 3 is 2.31 bits per heavy atom. The van der Waals surface area contributed by atoms with E-state index in [-0.39, 0.29) is 17.6 Å². The molecular formula is C24H32FN3O. The first-order chi connectivity index (χ1) is 14.0. The van der Waals surface area contributed by atoms with Crippen LogP contribution >= 0.6 is 0 Å². The summed E-state index contributed by atoms with van der Waals surface area (Å²) in [7, 11) is 0. The van der Waals surface area contributed by atoms with Crippen molar-refractivity contribution in [2.75, 3.05) is 32.7 Å². The lowest BCUT2D eigenvalue weighted by Gasteiger charge is -2.34. The van der Waals surface area contributed by atoms with Crippen molar-refractivity contribution in [1.29, 1.82) is 0 Å². The van der Waals surface area contributed by atoms with Gasteiger partial charge in [-0.05, 0) is 41.8 Å². The molecule has 1 fully saturated rings. The van der Waals surface area contributed by atoms with Crippen LogP contribution in [0.2, 0.25) is 0 Å². The summed E-state index contributed by atoms with van der Waals surface area (Å²) < 4.78 is 13.3. The first kappa shape index (κ1) is 21.5. The summed E-state index contributed by atoms with van der Waals surface area (Å²) in [5.74, 6) is -0.465. The Kier molecular flexibility index (Phi) is 7.78. The summed E-state index contributed by atoms with van der Waals surface area (Å²) in [5.41, 5.74) is 3.25. The number of nitrogens with zero attached hydrogens (tertiary/aromatic N) is 2. The molecule has 156 valence electrons. The molecule has 1 amide bonds. The predicted octanol–water partition coefficient (Wildman–Crippen LogP) is 3.46. The minimum Gasteiger partial charge on any atom is -0.352 e. The number of nitrogens with one attached hydrogen (secondary N) is 1. The first-order valence-electron chi connectivity index (χ1n) is 10.6. The van der Waals surface area contributed by atoms with Gasteiger partial charge < -0.3 is 10.2 Å². The Morgan fingerprint density at radius 2 is 1.66 bits per heavy atom. The second kappa shape index (κ2) is 10.5. The van der Waals surface area contributed by atoms with E-state index in [2.05, 4.69) is 46.3 Å². The highest BCUT2D eigenvalue weighted by Crippen LogP contribution is 2.12. The van der Waals surface area contributed by atoms with E-state index in [1.807, 2.05) is 13.0 Å². The van der Waals surface area contributed by atoms with Crippen LogP contribution in [0.15, 0.2) is 48.5 Å². The highest BCUT2D eigenvalue weighted by atomic mass is 19.1. The van der Waals surface area contributed by atoms with Crippen molar-refractivity contribution >= 4 is 5.91 Å². The third-order valence-corrected chi connectivity index (χ3v) is 5.69.